The van der Waals surface area contributed by atoms with Gasteiger partial charge in [-0.25, -0.2) is 4.68 Å². The second-order valence-electron chi connectivity index (χ2n) is 8.51. The molecule has 11 nitrogen and oxygen atoms in total. The molecule has 0 spiro atoms. The second kappa shape index (κ2) is 10.1. The van der Waals surface area contributed by atoms with Gasteiger partial charge in [-0.2, -0.15) is 5.26 Å². The van der Waals surface area contributed by atoms with Crippen LogP contribution in [0.1, 0.15) is 34.7 Å². The van der Waals surface area contributed by atoms with Crippen LogP contribution in [0.3, 0.4) is 0 Å². The first-order valence-electron chi connectivity index (χ1n) is 11.7. The molecular formula is C24H25N7O4. The first kappa shape index (κ1) is 22.7. The summed E-state index contributed by atoms with van der Waals surface area (Å²) in [7, 11) is 0. The van der Waals surface area contributed by atoms with Crippen molar-refractivity contribution in [3.63, 3.8) is 0 Å². The molecule has 0 radical (unpaired) electrons. The Kier molecular flexibility index (Phi) is 6.54. The zero-order valence-electron chi connectivity index (χ0n) is 19.2. The monoisotopic (exact) mass is 475 g/mol. The van der Waals surface area contributed by atoms with Crippen LogP contribution in [0, 0.1) is 11.3 Å². The van der Waals surface area contributed by atoms with Crippen molar-refractivity contribution in [1.82, 2.24) is 30.0 Å². The third kappa shape index (κ3) is 4.79. The van der Waals surface area contributed by atoms with Gasteiger partial charge in [0.15, 0.2) is 5.76 Å². The van der Waals surface area contributed by atoms with Crippen LogP contribution in [0.5, 0.6) is 0 Å². The van der Waals surface area contributed by atoms with Crippen LogP contribution < -0.4 is 0 Å². The van der Waals surface area contributed by atoms with Gasteiger partial charge in [0.05, 0.1) is 36.9 Å². The Balaban J connectivity index is 1.30. The normalized spacial score (nSPS) is 15.7. The summed E-state index contributed by atoms with van der Waals surface area (Å²) < 4.78 is 12.5. The van der Waals surface area contributed by atoms with Gasteiger partial charge in [0.25, 0.3) is 5.91 Å². The number of ether oxygens (including phenoxy) is 1. The predicted octanol–water partition coefficient (Wildman–Crippen LogP) is 1.63. The van der Waals surface area contributed by atoms with Crippen LogP contribution in [-0.2, 0) is 22.4 Å². The minimum absolute atomic E-state index is 0.0326. The number of fused-ring (bicyclic) bond motifs is 1. The Morgan fingerprint density at radius 3 is 2.71 bits per heavy atom. The number of hydrogen-bond donors (Lipinski definition) is 0. The molecule has 2 amide bonds. The number of benzene rings is 1. The first-order chi connectivity index (χ1) is 17.1. The van der Waals surface area contributed by atoms with Crippen LogP contribution in [0.15, 0.2) is 35.0 Å². The SMILES string of the molecule is N#CCCCc1cn(-c2ccc(-c3noc4c3C(=O)N(CC(=O)N3CCOCC3)CC4)cc2)nn1. The largest absolute Gasteiger partial charge is 0.378 e. The Morgan fingerprint density at radius 2 is 1.94 bits per heavy atom. The van der Waals surface area contributed by atoms with E-state index >= 15 is 0 Å². The number of carbonyl (C=O) groups excluding carboxylic acids is 2. The van der Waals surface area contributed by atoms with E-state index in [0.29, 0.717) is 69.1 Å². The molecule has 5 rings (SSSR count). The van der Waals surface area contributed by atoms with Gasteiger partial charge in [-0.15, -0.1) is 5.10 Å². The molecule has 0 bridgehead atoms. The summed E-state index contributed by atoms with van der Waals surface area (Å²) in [5.74, 6) is 0.223. The van der Waals surface area contributed by atoms with Gasteiger partial charge in [0.1, 0.15) is 17.8 Å². The molecule has 0 saturated carbocycles. The summed E-state index contributed by atoms with van der Waals surface area (Å²) in [6.45, 7) is 2.58. The second-order valence-corrected chi connectivity index (χ2v) is 8.51. The average Bonchev–Trinajstić information content (AvgIpc) is 3.54. The van der Waals surface area contributed by atoms with Crippen molar-refractivity contribution in [3.05, 3.63) is 47.5 Å². The number of aromatic nitrogens is 4. The molecule has 2 aliphatic rings. The summed E-state index contributed by atoms with van der Waals surface area (Å²) in [5, 5.41) is 21.2. The zero-order chi connectivity index (χ0) is 24.2. The van der Waals surface area contributed by atoms with E-state index in [1.807, 2.05) is 30.5 Å². The fourth-order valence-corrected chi connectivity index (χ4v) is 4.30. The van der Waals surface area contributed by atoms with Gasteiger partial charge in [0, 0.05) is 38.0 Å². The van der Waals surface area contributed by atoms with Crippen LogP contribution in [-0.4, -0.2) is 81.2 Å². The minimum atomic E-state index is -0.244. The van der Waals surface area contributed by atoms with Crippen LogP contribution >= 0.6 is 0 Å². The quantitative estimate of drug-likeness (QED) is 0.471. The lowest BCUT2D eigenvalue weighted by atomic mass is 10.0. The Bertz CT molecular complexity index is 1250. The number of unbranched alkanes of at least 4 members (excludes halogenated alkanes) is 1. The number of carbonyl (C=O) groups is 2. The lowest BCUT2D eigenvalue weighted by Gasteiger charge is -2.31. The maximum absolute atomic E-state index is 13.3. The first-order valence-corrected chi connectivity index (χ1v) is 11.7. The van der Waals surface area contributed by atoms with E-state index in [1.165, 1.54) is 0 Å². The lowest BCUT2D eigenvalue weighted by molar-refractivity contribution is -0.136. The highest BCUT2D eigenvalue weighted by Crippen LogP contribution is 2.30. The van der Waals surface area contributed by atoms with E-state index < -0.39 is 0 Å². The summed E-state index contributed by atoms with van der Waals surface area (Å²) in [4.78, 5) is 29.3. The molecule has 35 heavy (non-hydrogen) atoms. The topological polar surface area (TPSA) is 130 Å². The van der Waals surface area contributed by atoms with Crippen molar-refractivity contribution in [1.29, 1.82) is 5.26 Å². The van der Waals surface area contributed by atoms with Crippen LogP contribution in [0.4, 0.5) is 0 Å². The zero-order valence-corrected chi connectivity index (χ0v) is 19.2. The van der Waals surface area contributed by atoms with Gasteiger partial charge < -0.3 is 19.1 Å². The number of nitriles is 1. The van der Waals surface area contributed by atoms with Gasteiger partial charge in [-0.05, 0) is 25.0 Å². The fraction of sp³-hybridized carbons (Fsp3) is 0.417. The van der Waals surface area contributed by atoms with Gasteiger partial charge in [-0.3, -0.25) is 9.59 Å². The standard InChI is InChI=1S/C24H25N7O4/c25-9-2-1-3-18-15-31(28-26-18)19-6-4-17(5-7-19)23-22-20(35-27-23)8-10-30(24(22)33)16-21(32)29-11-13-34-14-12-29/h4-7,15H,1-3,8,10-14,16H2. The molecule has 0 unspecified atom stereocenters. The van der Waals surface area contributed by atoms with E-state index in [9.17, 15) is 9.59 Å². The van der Waals surface area contributed by atoms with Crippen molar-refractivity contribution in [2.75, 3.05) is 39.4 Å². The molecule has 1 aromatic carbocycles. The lowest BCUT2D eigenvalue weighted by Crippen LogP contribution is -2.48. The highest BCUT2D eigenvalue weighted by atomic mass is 16.5. The number of rotatable bonds is 7. The molecule has 1 fully saturated rings. The maximum Gasteiger partial charge on any atom is 0.260 e. The predicted molar refractivity (Wildman–Crippen MR) is 122 cm³/mol. The number of morpholine rings is 1. The smallest absolute Gasteiger partial charge is 0.260 e. The minimum Gasteiger partial charge on any atom is -0.378 e. The molecule has 0 atom stereocenters. The van der Waals surface area contributed by atoms with E-state index in [1.54, 1.807) is 14.5 Å². The molecule has 2 aliphatic heterocycles. The van der Waals surface area contributed by atoms with E-state index in [-0.39, 0.29) is 18.4 Å². The Hall–Kier alpha value is -4.04. The molecule has 0 N–H and O–H groups in total. The number of amides is 2. The molecule has 11 heteroatoms. The number of aryl methyl sites for hydroxylation is 1. The van der Waals surface area contributed by atoms with Crippen molar-refractivity contribution in [3.8, 4) is 23.0 Å². The third-order valence-electron chi connectivity index (χ3n) is 6.23. The molecular weight excluding hydrogens is 450 g/mol. The van der Waals surface area contributed by atoms with Crippen molar-refractivity contribution < 1.29 is 18.8 Å². The number of hydrogen-bond acceptors (Lipinski definition) is 8. The molecule has 3 aromatic rings. The summed E-state index contributed by atoms with van der Waals surface area (Å²) >= 11 is 0. The fourth-order valence-electron chi connectivity index (χ4n) is 4.30. The summed E-state index contributed by atoms with van der Waals surface area (Å²) in [6.07, 6.45) is 4.28. The molecule has 1 saturated heterocycles. The summed E-state index contributed by atoms with van der Waals surface area (Å²) in [6, 6.07) is 9.59. The average molecular weight is 476 g/mol. The van der Waals surface area contributed by atoms with Crippen LogP contribution in [0.25, 0.3) is 16.9 Å². The molecule has 4 heterocycles. The van der Waals surface area contributed by atoms with E-state index in [0.717, 1.165) is 23.4 Å². The number of nitrogens with zero attached hydrogens (tertiary/aromatic N) is 7. The van der Waals surface area contributed by atoms with Gasteiger partial charge in [0.2, 0.25) is 5.91 Å². The van der Waals surface area contributed by atoms with Crippen molar-refractivity contribution in [2.45, 2.75) is 25.7 Å². The van der Waals surface area contributed by atoms with Crippen molar-refractivity contribution >= 4 is 11.8 Å². The van der Waals surface area contributed by atoms with Crippen LogP contribution in [0.2, 0.25) is 0 Å². The summed E-state index contributed by atoms with van der Waals surface area (Å²) in [5.41, 5.74) is 3.26. The highest BCUT2D eigenvalue weighted by molar-refractivity contribution is 6.03. The Morgan fingerprint density at radius 1 is 1.14 bits per heavy atom. The van der Waals surface area contributed by atoms with E-state index in [4.69, 9.17) is 14.5 Å². The Labute approximate surface area is 201 Å². The van der Waals surface area contributed by atoms with Gasteiger partial charge in [-0.1, -0.05) is 22.5 Å². The van der Waals surface area contributed by atoms with E-state index in [2.05, 4.69) is 21.5 Å². The molecule has 0 aliphatic carbocycles. The molecule has 180 valence electrons. The van der Waals surface area contributed by atoms with Gasteiger partial charge >= 0.3 is 0 Å². The molecule has 2 aromatic heterocycles. The maximum atomic E-state index is 13.3. The van der Waals surface area contributed by atoms with Crippen molar-refractivity contribution in [2.24, 2.45) is 0 Å². The third-order valence-corrected chi connectivity index (χ3v) is 6.23. The highest BCUT2D eigenvalue weighted by Gasteiger charge is 2.34.